The SMILES string of the molecule is Cc1ccc(CC(=O)NCC(N)c2ccc(C(C)C)cc2)cn1. The van der Waals surface area contributed by atoms with E-state index >= 15 is 0 Å². The molecule has 3 N–H and O–H groups in total. The van der Waals surface area contributed by atoms with Crippen molar-refractivity contribution < 1.29 is 4.79 Å². The number of hydrogen-bond acceptors (Lipinski definition) is 3. The van der Waals surface area contributed by atoms with Gasteiger partial charge in [-0.25, -0.2) is 0 Å². The summed E-state index contributed by atoms with van der Waals surface area (Å²) < 4.78 is 0. The van der Waals surface area contributed by atoms with E-state index in [0.29, 0.717) is 18.9 Å². The van der Waals surface area contributed by atoms with Crippen molar-refractivity contribution in [2.24, 2.45) is 5.73 Å². The first kappa shape index (κ1) is 17.2. The molecule has 1 atom stereocenters. The maximum atomic E-state index is 12.0. The van der Waals surface area contributed by atoms with Gasteiger partial charge >= 0.3 is 0 Å². The fraction of sp³-hybridized carbons (Fsp3) is 0.368. The minimum atomic E-state index is -0.198. The quantitative estimate of drug-likeness (QED) is 0.862. The van der Waals surface area contributed by atoms with Gasteiger partial charge in [0.2, 0.25) is 5.91 Å². The summed E-state index contributed by atoms with van der Waals surface area (Å²) in [5.41, 5.74) is 10.3. The van der Waals surface area contributed by atoms with Gasteiger partial charge < -0.3 is 11.1 Å². The van der Waals surface area contributed by atoms with Crippen LogP contribution in [0.1, 0.15) is 48.2 Å². The van der Waals surface area contributed by atoms with Crippen LogP contribution in [0, 0.1) is 6.92 Å². The number of aryl methyl sites for hydroxylation is 1. The van der Waals surface area contributed by atoms with Crippen molar-refractivity contribution >= 4 is 5.91 Å². The van der Waals surface area contributed by atoms with E-state index in [2.05, 4.69) is 36.3 Å². The molecule has 2 aromatic rings. The van der Waals surface area contributed by atoms with E-state index in [1.807, 2.05) is 31.2 Å². The second-order valence-corrected chi connectivity index (χ2v) is 6.22. The summed E-state index contributed by atoms with van der Waals surface area (Å²) in [5.74, 6) is 0.466. The smallest absolute Gasteiger partial charge is 0.224 e. The number of carbonyl (C=O) groups is 1. The van der Waals surface area contributed by atoms with Gasteiger partial charge in [0.1, 0.15) is 0 Å². The molecule has 0 saturated heterocycles. The highest BCUT2D eigenvalue weighted by atomic mass is 16.1. The largest absolute Gasteiger partial charge is 0.354 e. The highest BCUT2D eigenvalue weighted by Gasteiger charge is 2.09. The fourth-order valence-corrected chi connectivity index (χ4v) is 2.32. The van der Waals surface area contributed by atoms with Gasteiger partial charge in [-0.05, 0) is 35.6 Å². The molecule has 0 spiro atoms. The molecule has 4 heteroatoms. The predicted octanol–water partition coefficient (Wildman–Crippen LogP) is 2.87. The maximum Gasteiger partial charge on any atom is 0.224 e. The van der Waals surface area contributed by atoms with Crippen LogP contribution in [-0.4, -0.2) is 17.4 Å². The topological polar surface area (TPSA) is 68.0 Å². The Kier molecular flexibility index (Phi) is 5.88. The first-order valence-electron chi connectivity index (χ1n) is 7.99. The molecular weight excluding hydrogens is 286 g/mol. The molecule has 1 unspecified atom stereocenters. The second kappa shape index (κ2) is 7.88. The molecule has 0 radical (unpaired) electrons. The highest BCUT2D eigenvalue weighted by Crippen LogP contribution is 2.17. The lowest BCUT2D eigenvalue weighted by molar-refractivity contribution is -0.120. The number of pyridine rings is 1. The first-order chi connectivity index (χ1) is 11.0. The zero-order chi connectivity index (χ0) is 16.8. The van der Waals surface area contributed by atoms with Crippen molar-refractivity contribution in [3.63, 3.8) is 0 Å². The second-order valence-electron chi connectivity index (χ2n) is 6.22. The molecular formula is C19H25N3O. The maximum absolute atomic E-state index is 12.0. The molecule has 0 aliphatic rings. The van der Waals surface area contributed by atoms with Crippen LogP contribution in [0.25, 0.3) is 0 Å². The van der Waals surface area contributed by atoms with Gasteiger partial charge in [0.15, 0.2) is 0 Å². The molecule has 4 nitrogen and oxygen atoms in total. The molecule has 0 aliphatic heterocycles. The number of nitrogens with one attached hydrogen (secondary N) is 1. The number of carbonyl (C=O) groups excluding carboxylic acids is 1. The standard InChI is InChI=1S/C19H25N3O/c1-13(2)16-6-8-17(9-7-16)18(20)12-22-19(23)10-15-5-4-14(3)21-11-15/h4-9,11,13,18H,10,12,20H2,1-3H3,(H,22,23). The van der Waals surface area contributed by atoms with Gasteiger partial charge in [0.05, 0.1) is 6.42 Å². The van der Waals surface area contributed by atoms with Crippen LogP contribution in [0.4, 0.5) is 0 Å². The van der Waals surface area contributed by atoms with Gasteiger partial charge in [-0.2, -0.15) is 0 Å². The molecule has 0 bridgehead atoms. The summed E-state index contributed by atoms with van der Waals surface area (Å²) in [6, 6.07) is 11.9. The van der Waals surface area contributed by atoms with Crippen LogP contribution >= 0.6 is 0 Å². The van der Waals surface area contributed by atoms with Crippen LogP contribution in [0.15, 0.2) is 42.6 Å². The zero-order valence-corrected chi connectivity index (χ0v) is 14.0. The highest BCUT2D eigenvalue weighted by molar-refractivity contribution is 5.78. The number of rotatable bonds is 6. The first-order valence-corrected chi connectivity index (χ1v) is 7.99. The van der Waals surface area contributed by atoms with Crippen molar-refractivity contribution in [3.05, 3.63) is 65.0 Å². The molecule has 0 fully saturated rings. The van der Waals surface area contributed by atoms with Crippen molar-refractivity contribution in [1.82, 2.24) is 10.3 Å². The molecule has 1 heterocycles. The molecule has 122 valence electrons. The molecule has 1 aromatic heterocycles. The van der Waals surface area contributed by atoms with E-state index < -0.39 is 0 Å². The molecule has 1 aromatic carbocycles. The minimum absolute atomic E-state index is 0.0371. The zero-order valence-electron chi connectivity index (χ0n) is 14.0. The monoisotopic (exact) mass is 311 g/mol. The molecule has 0 aliphatic carbocycles. The third kappa shape index (κ3) is 5.18. The van der Waals surface area contributed by atoms with E-state index in [9.17, 15) is 4.79 Å². The Morgan fingerprint density at radius 3 is 2.35 bits per heavy atom. The van der Waals surface area contributed by atoms with Crippen LogP contribution in [-0.2, 0) is 11.2 Å². The third-order valence-corrected chi connectivity index (χ3v) is 3.89. The summed E-state index contributed by atoms with van der Waals surface area (Å²) in [4.78, 5) is 16.2. The average molecular weight is 311 g/mol. The summed E-state index contributed by atoms with van der Waals surface area (Å²) in [5, 5.41) is 2.89. The Morgan fingerprint density at radius 2 is 1.78 bits per heavy atom. The van der Waals surface area contributed by atoms with Crippen LogP contribution < -0.4 is 11.1 Å². The summed E-state index contributed by atoms with van der Waals surface area (Å²) in [6.45, 7) is 6.68. The fourth-order valence-electron chi connectivity index (χ4n) is 2.32. The Balaban J connectivity index is 1.84. The van der Waals surface area contributed by atoms with Crippen molar-refractivity contribution in [1.29, 1.82) is 0 Å². The van der Waals surface area contributed by atoms with Gasteiger partial charge in [-0.3, -0.25) is 9.78 Å². The van der Waals surface area contributed by atoms with Crippen LogP contribution in [0.3, 0.4) is 0 Å². The number of benzene rings is 1. The van der Waals surface area contributed by atoms with Gasteiger partial charge in [0, 0.05) is 24.5 Å². The normalized spacial score (nSPS) is 12.2. The van der Waals surface area contributed by atoms with E-state index in [-0.39, 0.29) is 11.9 Å². The third-order valence-electron chi connectivity index (χ3n) is 3.89. The van der Waals surface area contributed by atoms with Gasteiger partial charge in [-0.1, -0.05) is 44.2 Å². The van der Waals surface area contributed by atoms with Gasteiger partial charge in [0.25, 0.3) is 0 Å². The Morgan fingerprint density at radius 1 is 1.13 bits per heavy atom. The van der Waals surface area contributed by atoms with E-state index in [0.717, 1.165) is 16.8 Å². The Bertz CT molecular complexity index is 633. The lowest BCUT2D eigenvalue weighted by Crippen LogP contribution is -2.32. The summed E-state index contributed by atoms with van der Waals surface area (Å²) in [7, 11) is 0. The summed E-state index contributed by atoms with van der Waals surface area (Å²) >= 11 is 0. The van der Waals surface area contributed by atoms with E-state index in [1.165, 1.54) is 5.56 Å². The molecule has 23 heavy (non-hydrogen) atoms. The molecule has 2 rings (SSSR count). The number of aromatic nitrogens is 1. The number of nitrogens with two attached hydrogens (primary N) is 1. The minimum Gasteiger partial charge on any atom is -0.354 e. The van der Waals surface area contributed by atoms with Gasteiger partial charge in [-0.15, -0.1) is 0 Å². The van der Waals surface area contributed by atoms with Crippen molar-refractivity contribution in [2.45, 2.75) is 39.2 Å². The van der Waals surface area contributed by atoms with E-state index in [1.54, 1.807) is 6.20 Å². The van der Waals surface area contributed by atoms with Crippen molar-refractivity contribution in [3.8, 4) is 0 Å². The summed E-state index contributed by atoms with van der Waals surface area (Å²) in [6.07, 6.45) is 2.06. The lowest BCUT2D eigenvalue weighted by Gasteiger charge is -2.14. The number of nitrogens with zero attached hydrogens (tertiary/aromatic N) is 1. The van der Waals surface area contributed by atoms with Crippen LogP contribution in [0.5, 0.6) is 0 Å². The van der Waals surface area contributed by atoms with Crippen molar-refractivity contribution in [2.75, 3.05) is 6.54 Å². The number of amides is 1. The predicted molar refractivity (Wildman–Crippen MR) is 93.1 cm³/mol. The Labute approximate surface area is 138 Å². The average Bonchev–Trinajstić information content (AvgIpc) is 2.55. The van der Waals surface area contributed by atoms with E-state index in [4.69, 9.17) is 5.73 Å². The molecule has 0 saturated carbocycles. The lowest BCUT2D eigenvalue weighted by atomic mass is 9.99. The van der Waals surface area contributed by atoms with Crippen LogP contribution in [0.2, 0.25) is 0 Å². The number of hydrogen-bond donors (Lipinski definition) is 2. The molecule has 1 amide bonds. The Hall–Kier alpha value is -2.20.